The fraction of sp³-hybridized carbons (Fsp3) is 0.500. The predicted molar refractivity (Wildman–Crippen MR) is 82.8 cm³/mol. The molecule has 1 aromatic carbocycles. The lowest BCUT2D eigenvalue weighted by Gasteiger charge is -2.41. The van der Waals surface area contributed by atoms with Crippen molar-refractivity contribution in [2.45, 2.75) is 12.0 Å². The van der Waals surface area contributed by atoms with Crippen LogP contribution in [0.3, 0.4) is 0 Å². The Balaban J connectivity index is 1.95. The molecule has 0 aliphatic carbocycles. The molecule has 1 aromatic rings. The van der Waals surface area contributed by atoms with Gasteiger partial charge in [0, 0.05) is 13.7 Å². The number of halogens is 1. The topological polar surface area (TPSA) is 91.1 Å². The molecule has 1 aliphatic heterocycles. The summed E-state index contributed by atoms with van der Waals surface area (Å²) >= 11 is 0. The minimum absolute atomic E-state index is 0.0383. The van der Waals surface area contributed by atoms with E-state index >= 15 is 0 Å². The SMILES string of the molecule is COCC1(CC(N)=O)CN(C(=O)COc2ccc(F)cc2)CCO1. The largest absolute Gasteiger partial charge is 0.484 e. The minimum Gasteiger partial charge on any atom is -0.484 e. The van der Waals surface area contributed by atoms with Crippen molar-refractivity contribution in [2.75, 3.05) is 40.0 Å². The molecule has 1 aliphatic rings. The normalized spacial score (nSPS) is 20.7. The van der Waals surface area contributed by atoms with Gasteiger partial charge in [0.25, 0.3) is 5.91 Å². The summed E-state index contributed by atoms with van der Waals surface area (Å²) in [5.41, 5.74) is 4.33. The molecule has 0 saturated carbocycles. The number of carbonyl (C=O) groups is 2. The first-order valence-electron chi connectivity index (χ1n) is 7.51. The van der Waals surface area contributed by atoms with Gasteiger partial charge in [-0.25, -0.2) is 4.39 Å². The number of morpholine rings is 1. The summed E-state index contributed by atoms with van der Waals surface area (Å²) in [5, 5.41) is 0. The number of hydrogen-bond donors (Lipinski definition) is 1. The number of nitrogens with two attached hydrogens (primary N) is 1. The van der Waals surface area contributed by atoms with Gasteiger partial charge in [0.15, 0.2) is 6.61 Å². The predicted octanol–water partition coefficient (Wildman–Crippen LogP) is 0.324. The highest BCUT2D eigenvalue weighted by Crippen LogP contribution is 2.23. The van der Waals surface area contributed by atoms with Gasteiger partial charge in [-0.3, -0.25) is 9.59 Å². The molecule has 24 heavy (non-hydrogen) atoms. The number of ether oxygens (including phenoxy) is 3. The van der Waals surface area contributed by atoms with Crippen LogP contribution in [0.2, 0.25) is 0 Å². The van der Waals surface area contributed by atoms with Crippen molar-refractivity contribution in [2.24, 2.45) is 5.73 Å². The van der Waals surface area contributed by atoms with Gasteiger partial charge in [-0.1, -0.05) is 0 Å². The van der Waals surface area contributed by atoms with Gasteiger partial charge in [-0.05, 0) is 24.3 Å². The van der Waals surface area contributed by atoms with Crippen molar-refractivity contribution < 1.29 is 28.2 Å². The van der Waals surface area contributed by atoms with Crippen LogP contribution in [-0.4, -0.2) is 62.3 Å². The quantitative estimate of drug-likeness (QED) is 0.772. The second-order valence-corrected chi connectivity index (χ2v) is 5.67. The maximum Gasteiger partial charge on any atom is 0.260 e. The average Bonchev–Trinajstić information content (AvgIpc) is 2.53. The van der Waals surface area contributed by atoms with Crippen molar-refractivity contribution in [3.8, 4) is 5.75 Å². The Labute approximate surface area is 139 Å². The van der Waals surface area contributed by atoms with Crippen LogP contribution in [-0.2, 0) is 19.1 Å². The van der Waals surface area contributed by atoms with E-state index in [0.717, 1.165) is 0 Å². The number of rotatable bonds is 7. The molecular weight excluding hydrogens is 319 g/mol. The lowest BCUT2D eigenvalue weighted by Crippen LogP contribution is -2.58. The summed E-state index contributed by atoms with van der Waals surface area (Å²) in [7, 11) is 1.49. The van der Waals surface area contributed by atoms with Crippen LogP contribution < -0.4 is 10.5 Å². The molecular formula is C16H21FN2O5. The van der Waals surface area contributed by atoms with Crippen LogP contribution in [0.25, 0.3) is 0 Å². The molecule has 7 nitrogen and oxygen atoms in total. The third-order valence-electron chi connectivity index (χ3n) is 3.68. The molecule has 1 unspecified atom stereocenters. The van der Waals surface area contributed by atoms with Gasteiger partial charge >= 0.3 is 0 Å². The first-order valence-corrected chi connectivity index (χ1v) is 7.51. The number of hydrogen-bond acceptors (Lipinski definition) is 5. The molecule has 1 saturated heterocycles. The van der Waals surface area contributed by atoms with Crippen LogP contribution in [0.1, 0.15) is 6.42 Å². The van der Waals surface area contributed by atoms with E-state index < -0.39 is 11.5 Å². The molecule has 2 amide bonds. The fourth-order valence-corrected chi connectivity index (χ4v) is 2.65. The van der Waals surface area contributed by atoms with Crippen LogP contribution in [0, 0.1) is 5.82 Å². The first kappa shape index (κ1) is 18.2. The molecule has 8 heteroatoms. The maximum atomic E-state index is 12.8. The van der Waals surface area contributed by atoms with Crippen LogP contribution in [0.5, 0.6) is 5.75 Å². The highest BCUT2D eigenvalue weighted by molar-refractivity contribution is 5.78. The number of methoxy groups -OCH3 is 1. The summed E-state index contributed by atoms with van der Waals surface area (Å²) in [4.78, 5) is 25.2. The molecule has 1 atom stereocenters. The van der Waals surface area contributed by atoms with Gasteiger partial charge in [0.05, 0.1) is 26.2 Å². The highest BCUT2D eigenvalue weighted by Gasteiger charge is 2.40. The van der Waals surface area contributed by atoms with E-state index in [9.17, 15) is 14.0 Å². The standard InChI is InChI=1S/C16H21FN2O5/c1-22-11-16(8-14(18)20)10-19(6-7-24-16)15(21)9-23-13-4-2-12(17)3-5-13/h2-5H,6-11H2,1H3,(H2,18,20). The second kappa shape index (κ2) is 8.07. The zero-order chi connectivity index (χ0) is 17.6. The lowest BCUT2D eigenvalue weighted by molar-refractivity contribution is -0.167. The average molecular weight is 340 g/mol. The molecule has 1 heterocycles. The van der Waals surface area contributed by atoms with E-state index in [2.05, 4.69) is 0 Å². The minimum atomic E-state index is -0.940. The van der Waals surface area contributed by atoms with E-state index in [1.54, 1.807) is 4.90 Å². The number of nitrogens with zero attached hydrogens (tertiary/aromatic N) is 1. The Bertz CT molecular complexity index is 576. The Morgan fingerprint density at radius 3 is 2.71 bits per heavy atom. The van der Waals surface area contributed by atoms with Gasteiger partial charge < -0.3 is 24.8 Å². The van der Waals surface area contributed by atoms with Crippen molar-refractivity contribution in [1.29, 1.82) is 0 Å². The van der Waals surface area contributed by atoms with Crippen molar-refractivity contribution >= 4 is 11.8 Å². The lowest BCUT2D eigenvalue weighted by atomic mass is 9.97. The smallest absolute Gasteiger partial charge is 0.260 e. The molecule has 0 aromatic heterocycles. The van der Waals surface area contributed by atoms with E-state index in [0.29, 0.717) is 12.3 Å². The zero-order valence-electron chi connectivity index (χ0n) is 13.5. The van der Waals surface area contributed by atoms with Crippen molar-refractivity contribution in [3.05, 3.63) is 30.1 Å². The number of primary amides is 1. The molecule has 0 radical (unpaired) electrons. The number of carbonyl (C=O) groups excluding carboxylic acids is 2. The van der Waals surface area contributed by atoms with E-state index in [4.69, 9.17) is 19.9 Å². The Morgan fingerprint density at radius 2 is 2.08 bits per heavy atom. The summed E-state index contributed by atoms with van der Waals surface area (Å²) in [5.74, 6) is -0.757. The van der Waals surface area contributed by atoms with Crippen molar-refractivity contribution in [3.63, 3.8) is 0 Å². The molecule has 2 N–H and O–H groups in total. The monoisotopic (exact) mass is 340 g/mol. The molecule has 132 valence electrons. The molecule has 1 fully saturated rings. The van der Waals surface area contributed by atoms with Gasteiger partial charge in [-0.2, -0.15) is 0 Å². The van der Waals surface area contributed by atoms with Crippen molar-refractivity contribution in [1.82, 2.24) is 4.90 Å². The van der Waals surface area contributed by atoms with Gasteiger partial charge in [0.1, 0.15) is 17.2 Å². The molecule has 2 rings (SSSR count). The van der Waals surface area contributed by atoms with E-state index in [1.165, 1.54) is 31.4 Å². The van der Waals surface area contributed by atoms with Crippen LogP contribution in [0.15, 0.2) is 24.3 Å². The summed E-state index contributed by atoms with van der Waals surface area (Å²) in [6, 6.07) is 5.41. The number of benzene rings is 1. The summed E-state index contributed by atoms with van der Waals surface area (Å²) < 4.78 is 29.0. The van der Waals surface area contributed by atoms with Gasteiger partial charge in [-0.15, -0.1) is 0 Å². The zero-order valence-corrected chi connectivity index (χ0v) is 13.5. The fourth-order valence-electron chi connectivity index (χ4n) is 2.65. The number of amides is 2. The van der Waals surface area contributed by atoms with Crippen LogP contribution in [0.4, 0.5) is 4.39 Å². The maximum absolute atomic E-state index is 12.8. The molecule has 0 spiro atoms. The third-order valence-corrected chi connectivity index (χ3v) is 3.68. The summed E-state index contributed by atoms with van der Waals surface area (Å²) in [6.07, 6.45) is -0.0383. The third kappa shape index (κ3) is 4.90. The summed E-state index contributed by atoms with van der Waals surface area (Å²) in [6.45, 7) is 0.813. The van der Waals surface area contributed by atoms with E-state index in [1.807, 2.05) is 0 Å². The van der Waals surface area contributed by atoms with Crippen LogP contribution >= 0.6 is 0 Å². The first-order chi connectivity index (χ1) is 11.4. The Kier molecular flexibility index (Phi) is 6.10. The Morgan fingerprint density at radius 1 is 1.38 bits per heavy atom. The molecule has 0 bridgehead atoms. The second-order valence-electron chi connectivity index (χ2n) is 5.67. The Hall–Kier alpha value is -2.19. The van der Waals surface area contributed by atoms with Gasteiger partial charge in [0.2, 0.25) is 5.91 Å². The van der Waals surface area contributed by atoms with E-state index in [-0.39, 0.29) is 44.5 Å². The highest BCUT2D eigenvalue weighted by atomic mass is 19.1.